The van der Waals surface area contributed by atoms with Crippen LogP contribution in [0.2, 0.25) is 0 Å². The minimum absolute atomic E-state index is 0.155. The number of hydrogen-bond donors (Lipinski definition) is 1. The lowest BCUT2D eigenvalue weighted by atomic mass is 10.1. The maximum Gasteiger partial charge on any atom is 0.265 e. The monoisotopic (exact) mass is 377 g/mol. The molecule has 1 unspecified atom stereocenters. The molecule has 0 aliphatic carbocycles. The third-order valence-electron chi connectivity index (χ3n) is 4.46. The van der Waals surface area contributed by atoms with Crippen LogP contribution in [0.1, 0.15) is 11.4 Å². The second kappa shape index (κ2) is 6.17. The van der Waals surface area contributed by atoms with Crippen molar-refractivity contribution in [2.75, 3.05) is 5.32 Å². The van der Waals surface area contributed by atoms with E-state index in [-0.39, 0.29) is 5.91 Å². The number of hydrogen-bond acceptors (Lipinski definition) is 6. The summed E-state index contributed by atoms with van der Waals surface area (Å²) in [6.45, 7) is 1.86. The third-order valence-corrected chi connectivity index (χ3v) is 5.41. The molecule has 0 fully saturated rings. The van der Waals surface area contributed by atoms with Gasteiger partial charge in [0.2, 0.25) is 4.96 Å². The number of nitrogens with one attached hydrogen (secondary N) is 1. The fourth-order valence-electron chi connectivity index (χ4n) is 3.11. The molecule has 8 heteroatoms. The van der Waals surface area contributed by atoms with E-state index in [1.807, 2.05) is 55.5 Å². The lowest BCUT2D eigenvalue weighted by Gasteiger charge is -2.12. The lowest BCUT2D eigenvalue weighted by molar-refractivity contribution is -0.122. The van der Waals surface area contributed by atoms with Gasteiger partial charge in [0, 0.05) is 17.7 Å². The van der Waals surface area contributed by atoms with Crippen LogP contribution in [-0.4, -0.2) is 31.8 Å². The average Bonchev–Trinajstić information content (AvgIpc) is 3.37. The fraction of sp³-hybridized carbons (Fsp3) is 0.158. The van der Waals surface area contributed by atoms with Crippen LogP contribution in [0, 0.1) is 6.92 Å². The number of para-hydroxylation sites is 1. The number of nitrogens with zero attached hydrogens (tertiary/aromatic N) is 4. The van der Waals surface area contributed by atoms with Crippen LogP contribution in [0.4, 0.5) is 5.69 Å². The predicted molar refractivity (Wildman–Crippen MR) is 102 cm³/mol. The highest BCUT2D eigenvalue weighted by molar-refractivity contribution is 7.19. The molecule has 4 aromatic rings. The van der Waals surface area contributed by atoms with Gasteiger partial charge in [0.1, 0.15) is 10.8 Å². The first kappa shape index (κ1) is 16.0. The summed E-state index contributed by atoms with van der Waals surface area (Å²) in [5.41, 5.74) is 2.68. The standard InChI is InChI=1S/C19H15N5O2S/c1-11-21-22-19-24(11)23-18(27-19)13-6-4-7-14(9-13)20-17(25)16-10-12-5-2-3-8-15(12)26-16/h2-9,16H,10H2,1H3,(H,20,25). The molecule has 134 valence electrons. The Labute approximate surface area is 158 Å². The summed E-state index contributed by atoms with van der Waals surface area (Å²) in [6, 6.07) is 15.3. The highest BCUT2D eigenvalue weighted by Crippen LogP contribution is 2.30. The molecule has 5 rings (SSSR count). The Balaban J connectivity index is 1.36. The average molecular weight is 377 g/mol. The Morgan fingerprint density at radius 2 is 2.11 bits per heavy atom. The van der Waals surface area contributed by atoms with Crippen molar-refractivity contribution < 1.29 is 9.53 Å². The van der Waals surface area contributed by atoms with Gasteiger partial charge in [-0.05, 0) is 30.7 Å². The van der Waals surface area contributed by atoms with Gasteiger partial charge in [-0.25, -0.2) is 0 Å². The van der Waals surface area contributed by atoms with Gasteiger partial charge in [-0.1, -0.05) is 41.7 Å². The van der Waals surface area contributed by atoms with Crippen LogP contribution in [0.25, 0.3) is 15.5 Å². The molecule has 1 N–H and O–H groups in total. The molecule has 1 aliphatic heterocycles. The normalized spacial score (nSPS) is 15.5. The molecule has 0 bridgehead atoms. The number of aryl methyl sites for hydroxylation is 1. The highest BCUT2D eigenvalue weighted by Gasteiger charge is 2.28. The number of benzene rings is 2. The Hall–Kier alpha value is -3.26. The van der Waals surface area contributed by atoms with Crippen LogP contribution < -0.4 is 10.1 Å². The van der Waals surface area contributed by atoms with E-state index < -0.39 is 6.10 Å². The summed E-state index contributed by atoms with van der Waals surface area (Å²) < 4.78 is 7.47. The Kier molecular flexibility index (Phi) is 3.64. The minimum atomic E-state index is -0.511. The van der Waals surface area contributed by atoms with Gasteiger partial charge in [-0.15, -0.1) is 10.2 Å². The molecule has 3 heterocycles. The molecule has 1 aliphatic rings. The van der Waals surface area contributed by atoms with Gasteiger partial charge in [0.15, 0.2) is 11.9 Å². The zero-order chi connectivity index (χ0) is 18.4. The summed E-state index contributed by atoms with van der Waals surface area (Å²) in [5, 5.41) is 16.4. The van der Waals surface area contributed by atoms with Crippen molar-refractivity contribution in [3.8, 4) is 16.3 Å². The van der Waals surface area contributed by atoms with E-state index in [1.165, 1.54) is 11.3 Å². The minimum Gasteiger partial charge on any atom is -0.480 e. The SMILES string of the molecule is Cc1nnc2sc(-c3cccc(NC(=O)C4Cc5ccccc5O4)c3)nn12. The van der Waals surface area contributed by atoms with Gasteiger partial charge in [0.25, 0.3) is 5.91 Å². The summed E-state index contributed by atoms with van der Waals surface area (Å²) in [4.78, 5) is 13.3. The second-order valence-electron chi connectivity index (χ2n) is 6.34. The highest BCUT2D eigenvalue weighted by atomic mass is 32.1. The molecular formula is C19H15N5O2S. The van der Waals surface area contributed by atoms with E-state index in [0.29, 0.717) is 12.1 Å². The summed E-state index contributed by atoms with van der Waals surface area (Å²) >= 11 is 1.46. The summed E-state index contributed by atoms with van der Waals surface area (Å²) in [7, 11) is 0. The first-order chi connectivity index (χ1) is 13.2. The number of ether oxygens (including phenoxy) is 1. The number of carbonyl (C=O) groups excluding carboxylic acids is 1. The zero-order valence-corrected chi connectivity index (χ0v) is 15.2. The fourth-order valence-corrected chi connectivity index (χ4v) is 3.99. The second-order valence-corrected chi connectivity index (χ2v) is 7.29. The van der Waals surface area contributed by atoms with E-state index in [4.69, 9.17) is 4.74 Å². The van der Waals surface area contributed by atoms with Gasteiger partial charge >= 0.3 is 0 Å². The number of carbonyl (C=O) groups is 1. The molecule has 1 atom stereocenters. The number of amides is 1. The van der Waals surface area contributed by atoms with Crippen molar-refractivity contribution in [3.63, 3.8) is 0 Å². The Morgan fingerprint density at radius 3 is 2.96 bits per heavy atom. The molecule has 2 aromatic carbocycles. The van der Waals surface area contributed by atoms with Gasteiger partial charge in [-0.2, -0.15) is 9.61 Å². The van der Waals surface area contributed by atoms with E-state index in [0.717, 1.165) is 32.7 Å². The Morgan fingerprint density at radius 1 is 1.22 bits per heavy atom. The number of anilines is 1. The zero-order valence-electron chi connectivity index (χ0n) is 14.4. The molecule has 1 amide bonds. The van der Waals surface area contributed by atoms with Crippen LogP contribution in [0.15, 0.2) is 48.5 Å². The van der Waals surface area contributed by atoms with Gasteiger partial charge in [-0.3, -0.25) is 4.79 Å². The largest absolute Gasteiger partial charge is 0.480 e. The van der Waals surface area contributed by atoms with Crippen LogP contribution >= 0.6 is 11.3 Å². The Bertz CT molecular complexity index is 1140. The van der Waals surface area contributed by atoms with Crippen LogP contribution in [-0.2, 0) is 11.2 Å². The smallest absolute Gasteiger partial charge is 0.265 e. The molecule has 0 radical (unpaired) electrons. The molecular weight excluding hydrogens is 362 g/mol. The third kappa shape index (κ3) is 2.83. The lowest BCUT2D eigenvalue weighted by Crippen LogP contribution is -2.31. The number of aromatic nitrogens is 4. The predicted octanol–water partition coefficient (Wildman–Crippen LogP) is 3.10. The van der Waals surface area contributed by atoms with Crippen molar-refractivity contribution in [1.82, 2.24) is 19.8 Å². The quantitative estimate of drug-likeness (QED) is 0.593. The molecule has 27 heavy (non-hydrogen) atoms. The topological polar surface area (TPSA) is 81.4 Å². The van der Waals surface area contributed by atoms with Gasteiger partial charge < -0.3 is 10.1 Å². The molecule has 7 nitrogen and oxygen atoms in total. The van der Waals surface area contributed by atoms with Crippen molar-refractivity contribution in [1.29, 1.82) is 0 Å². The first-order valence-corrected chi connectivity index (χ1v) is 9.34. The number of rotatable bonds is 3. The van der Waals surface area contributed by atoms with Crippen LogP contribution in [0.5, 0.6) is 5.75 Å². The van der Waals surface area contributed by atoms with Gasteiger partial charge in [0.05, 0.1) is 0 Å². The maximum absolute atomic E-state index is 12.6. The molecule has 0 saturated carbocycles. The molecule has 0 saturated heterocycles. The van der Waals surface area contributed by atoms with Crippen molar-refractivity contribution in [2.45, 2.75) is 19.4 Å². The number of fused-ring (bicyclic) bond motifs is 2. The summed E-state index contributed by atoms with van der Waals surface area (Å²) in [6.07, 6.45) is 0.0698. The maximum atomic E-state index is 12.6. The van der Waals surface area contributed by atoms with Crippen molar-refractivity contribution in [3.05, 3.63) is 59.9 Å². The van der Waals surface area contributed by atoms with Crippen LogP contribution in [0.3, 0.4) is 0 Å². The van der Waals surface area contributed by atoms with E-state index in [2.05, 4.69) is 20.6 Å². The van der Waals surface area contributed by atoms with E-state index in [1.54, 1.807) is 4.52 Å². The molecule has 2 aromatic heterocycles. The molecule has 0 spiro atoms. The first-order valence-electron chi connectivity index (χ1n) is 8.52. The van der Waals surface area contributed by atoms with Crippen molar-refractivity contribution >= 4 is 27.9 Å². The van der Waals surface area contributed by atoms with E-state index in [9.17, 15) is 4.79 Å². The van der Waals surface area contributed by atoms with E-state index >= 15 is 0 Å². The van der Waals surface area contributed by atoms with Crippen molar-refractivity contribution in [2.24, 2.45) is 0 Å². The summed E-state index contributed by atoms with van der Waals surface area (Å²) in [5.74, 6) is 1.37.